The maximum Gasteiger partial charge on any atom is 0.254 e. The van der Waals surface area contributed by atoms with Gasteiger partial charge in [0.25, 0.3) is 5.91 Å². The molecule has 40 heavy (non-hydrogen) atoms. The van der Waals surface area contributed by atoms with Crippen LogP contribution in [0.1, 0.15) is 30.5 Å². The summed E-state index contributed by atoms with van der Waals surface area (Å²) in [5.41, 5.74) is 2.73. The van der Waals surface area contributed by atoms with E-state index in [4.69, 9.17) is 11.6 Å². The Bertz CT molecular complexity index is 1460. The van der Waals surface area contributed by atoms with E-state index in [1.54, 1.807) is 24.3 Å². The fraction of sp³-hybridized carbons (Fsp3) is 0.357. The van der Waals surface area contributed by atoms with Crippen LogP contribution in [0.5, 0.6) is 0 Å². The van der Waals surface area contributed by atoms with Crippen LogP contribution in [-0.4, -0.2) is 59.1 Å². The number of aliphatic hydroxyl groups is 1. The Hall–Kier alpha value is -2.41. The number of aliphatic hydroxyl groups excluding tert-OH is 1. The number of carbonyl (C=O) groups is 2. The summed E-state index contributed by atoms with van der Waals surface area (Å²) < 4.78 is 28.5. The standard InChI is InChI=1S/C28H32ClN3O5S3/c1-18-9-7-8-12-20(18)16-30-26(34)25-28(2,3)38-17-32(25)27(35)24(33)21(15-19-10-5-4-6-11-19)31-40(36,37)23-14-13-22(29)39-23/h4-14,21,24-25,31,33H,15-17H2,1-3H3,(H,30,34)/t21-,24-,25+/m0/s1. The summed E-state index contributed by atoms with van der Waals surface area (Å²) in [4.78, 5) is 28.5. The minimum absolute atomic E-state index is 0.0264. The van der Waals surface area contributed by atoms with Crippen LogP contribution in [0.25, 0.3) is 0 Å². The lowest BCUT2D eigenvalue weighted by atomic mass is 9.97. The van der Waals surface area contributed by atoms with E-state index in [9.17, 15) is 23.1 Å². The zero-order valence-corrected chi connectivity index (χ0v) is 25.5. The smallest absolute Gasteiger partial charge is 0.254 e. The van der Waals surface area contributed by atoms with Crippen LogP contribution in [0.15, 0.2) is 70.9 Å². The number of rotatable bonds is 10. The van der Waals surface area contributed by atoms with Crippen LogP contribution in [0, 0.1) is 6.92 Å². The molecule has 4 rings (SSSR count). The molecule has 2 amide bonds. The van der Waals surface area contributed by atoms with E-state index < -0.39 is 38.9 Å². The molecule has 0 radical (unpaired) electrons. The number of benzene rings is 2. The number of carbonyl (C=O) groups excluding carboxylic acids is 2. The molecule has 0 saturated carbocycles. The monoisotopic (exact) mass is 621 g/mol. The van der Waals surface area contributed by atoms with Gasteiger partial charge in [0.15, 0.2) is 0 Å². The molecule has 3 aromatic rings. The second kappa shape index (κ2) is 12.6. The quantitative estimate of drug-likeness (QED) is 0.316. The average molecular weight is 622 g/mol. The number of aryl methyl sites for hydroxylation is 1. The summed E-state index contributed by atoms with van der Waals surface area (Å²) in [7, 11) is -4.09. The molecule has 3 atom stereocenters. The van der Waals surface area contributed by atoms with Gasteiger partial charge < -0.3 is 15.3 Å². The first-order valence-electron chi connectivity index (χ1n) is 12.7. The van der Waals surface area contributed by atoms with Crippen LogP contribution >= 0.6 is 34.7 Å². The molecular formula is C28H32ClN3O5S3. The van der Waals surface area contributed by atoms with Gasteiger partial charge in [0.2, 0.25) is 15.9 Å². The van der Waals surface area contributed by atoms with Crippen molar-refractivity contribution in [2.24, 2.45) is 0 Å². The summed E-state index contributed by atoms with van der Waals surface area (Å²) in [5, 5.41) is 14.3. The van der Waals surface area contributed by atoms with Gasteiger partial charge in [-0.3, -0.25) is 9.59 Å². The lowest BCUT2D eigenvalue weighted by molar-refractivity contribution is -0.147. The van der Waals surface area contributed by atoms with Crippen molar-refractivity contribution in [1.29, 1.82) is 0 Å². The third kappa shape index (κ3) is 7.07. The Kier molecular flexibility index (Phi) is 9.64. The van der Waals surface area contributed by atoms with Gasteiger partial charge in [-0.1, -0.05) is 66.2 Å². The SMILES string of the molecule is Cc1ccccc1CNC(=O)[C@H]1N(C(=O)[C@@H](O)[C@H](Cc2ccccc2)NS(=O)(=O)c2ccc(Cl)s2)CSC1(C)C. The highest BCUT2D eigenvalue weighted by molar-refractivity contribution is 8.00. The number of nitrogens with zero attached hydrogens (tertiary/aromatic N) is 1. The number of thioether (sulfide) groups is 1. The van der Waals surface area contributed by atoms with Gasteiger partial charge >= 0.3 is 0 Å². The first-order chi connectivity index (χ1) is 18.9. The molecule has 0 spiro atoms. The Balaban J connectivity index is 1.57. The van der Waals surface area contributed by atoms with Gasteiger partial charge in [0.05, 0.1) is 16.3 Å². The molecule has 1 aliphatic heterocycles. The molecule has 0 bridgehead atoms. The van der Waals surface area contributed by atoms with E-state index in [1.165, 1.54) is 28.8 Å². The topological polar surface area (TPSA) is 116 Å². The van der Waals surface area contributed by atoms with Gasteiger partial charge in [-0.2, -0.15) is 0 Å². The fourth-order valence-electron chi connectivity index (χ4n) is 4.63. The van der Waals surface area contributed by atoms with Crippen LogP contribution in [0.2, 0.25) is 4.34 Å². The Morgan fingerprint density at radius 3 is 2.42 bits per heavy atom. The number of amides is 2. The number of halogens is 1. The molecule has 1 saturated heterocycles. The number of sulfonamides is 1. The van der Waals surface area contributed by atoms with Crippen molar-refractivity contribution in [2.45, 2.75) is 60.9 Å². The van der Waals surface area contributed by atoms with E-state index in [1.807, 2.05) is 51.1 Å². The Labute approximate surface area is 248 Å². The number of hydrogen-bond donors (Lipinski definition) is 3. The van der Waals surface area contributed by atoms with Crippen LogP contribution < -0.4 is 10.0 Å². The van der Waals surface area contributed by atoms with E-state index in [-0.39, 0.29) is 22.4 Å². The largest absolute Gasteiger partial charge is 0.382 e. The average Bonchev–Trinajstić information content (AvgIpc) is 3.50. The highest BCUT2D eigenvalue weighted by atomic mass is 35.5. The Morgan fingerprint density at radius 2 is 1.77 bits per heavy atom. The molecule has 12 heteroatoms. The molecule has 0 unspecified atom stereocenters. The van der Waals surface area contributed by atoms with Gasteiger partial charge in [0, 0.05) is 11.3 Å². The second-order valence-electron chi connectivity index (χ2n) is 10.2. The molecule has 0 aliphatic carbocycles. The number of nitrogens with one attached hydrogen (secondary N) is 2. The number of hydrogen-bond acceptors (Lipinski definition) is 7. The molecular weight excluding hydrogens is 590 g/mol. The number of thiophene rings is 1. The highest BCUT2D eigenvalue weighted by Crippen LogP contribution is 2.40. The lowest BCUT2D eigenvalue weighted by Crippen LogP contribution is -2.58. The van der Waals surface area contributed by atoms with E-state index in [2.05, 4.69) is 10.0 Å². The third-order valence-corrected chi connectivity index (χ3v) is 11.4. The molecule has 3 N–H and O–H groups in total. The summed E-state index contributed by atoms with van der Waals surface area (Å²) >= 11 is 8.26. The van der Waals surface area contributed by atoms with Crippen LogP contribution in [0.3, 0.4) is 0 Å². The van der Waals surface area contributed by atoms with Crippen molar-refractivity contribution in [3.63, 3.8) is 0 Å². The van der Waals surface area contributed by atoms with Gasteiger partial charge in [-0.05, 0) is 56.0 Å². The highest BCUT2D eigenvalue weighted by Gasteiger charge is 2.50. The summed E-state index contributed by atoms with van der Waals surface area (Å²) in [6.45, 7) is 6.01. The fourth-order valence-corrected chi connectivity index (χ4v) is 8.51. The van der Waals surface area contributed by atoms with Crippen molar-refractivity contribution in [2.75, 3.05) is 5.88 Å². The van der Waals surface area contributed by atoms with E-state index >= 15 is 0 Å². The first-order valence-corrected chi connectivity index (χ1v) is 16.3. The molecule has 214 valence electrons. The summed E-state index contributed by atoms with van der Waals surface area (Å²) in [5.74, 6) is -0.884. The predicted octanol–water partition coefficient (Wildman–Crippen LogP) is 3.96. The molecule has 2 aromatic carbocycles. The van der Waals surface area contributed by atoms with E-state index in [0.29, 0.717) is 10.9 Å². The van der Waals surface area contributed by atoms with Crippen LogP contribution in [-0.2, 0) is 32.6 Å². The third-order valence-electron chi connectivity index (χ3n) is 6.84. The van der Waals surface area contributed by atoms with Crippen LogP contribution in [0.4, 0.5) is 0 Å². The van der Waals surface area contributed by atoms with Crippen molar-refractivity contribution in [1.82, 2.24) is 14.9 Å². The summed E-state index contributed by atoms with van der Waals surface area (Å²) in [6, 6.07) is 17.5. The zero-order chi connectivity index (χ0) is 29.1. The van der Waals surface area contributed by atoms with E-state index in [0.717, 1.165) is 28.0 Å². The Morgan fingerprint density at radius 1 is 1.10 bits per heavy atom. The molecule has 8 nitrogen and oxygen atoms in total. The normalized spacial score (nSPS) is 18.3. The minimum Gasteiger partial charge on any atom is -0.382 e. The van der Waals surface area contributed by atoms with Gasteiger partial charge in [0.1, 0.15) is 16.4 Å². The molecule has 1 fully saturated rings. The van der Waals surface area contributed by atoms with Gasteiger partial charge in [-0.15, -0.1) is 23.1 Å². The first kappa shape index (κ1) is 30.5. The summed E-state index contributed by atoms with van der Waals surface area (Å²) in [6.07, 6.45) is -1.69. The lowest BCUT2D eigenvalue weighted by Gasteiger charge is -2.33. The van der Waals surface area contributed by atoms with Gasteiger partial charge in [-0.25, -0.2) is 13.1 Å². The zero-order valence-electron chi connectivity index (χ0n) is 22.3. The molecule has 2 heterocycles. The van der Waals surface area contributed by atoms with Crippen molar-refractivity contribution in [3.8, 4) is 0 Å². The van der Waals surface area contributed by atoms with Crippen molar-refractivity contribution in [3.05, 3.63) is 87.8 Å². The van der Waals surface area contributed by atoms with Crippen molar-refractivity contribution >= 4 is 56.5 Å². The predicted molar refractivity (Wildman–Crippen MR) is 160 cm³/mol. The molecule has 1 aliphatic rings. The molecule has 1 aromatic heterocycles. The maximum absolute atomic E-state index is 13.8. The second-order valence-corrected chi connectivity index (χ2v) is 15.4. The minimum atomic E-state index is -4.09. The maximum atomic E-state index is 13.8. The van der Waals surface area contributed by atoms with Crippen molar-refractivity contribution < 1.29 is 23.1 Å².